The number of methoxy groups -OCH3 is 2. The predicted octanol–water partition coefficient (Wildman–Crippen LogP) is 1.87. The second-order valence-electron chi connectivity index (χ2n) is 6.72. The molecule has 2 aromatic rings. The van der Waals surface area contributed by atoms with E-state index in [0.717, 1.165) is 63.0 Å². The first kappa shape index (κ1) is 19.5. The molecule has 1 aromatic heterocycles. The summed E-state index contributed by atoms with van der Waals surface area (Å²) >= 11 is 0. The average Bonchev–Trinajstić information content (AvgIpc) is 2.72. The van der Waals surface area contributed by atoms with Crippen molar-refractivity contribution in [2.45, 2.75) is 6.54 Å². The summed E-state index contributed by atoms with van der Waals surface area (Å²) in [6, 6.07) is 12.3. The molecule has 6 nitrogen and oxygen atoms in total. The summed E-state index contributed by atoms with van der Waals surface area (Å²) in [5.74, 6) is 2.90. The lowest BCUT2D eigenvalue weighted by atomic mass is 10.1. The van der Waals surface area contributed by atoms with Gasteiger partial charge in [-0.05, 0) is 24.3 Å². The third-order valence-electron chi connectivity index (χ3n) is 4.99. The van der Waals surface area contributed by atoms with Crippen molar-refractivity contribution in [3.8, 4) is 11.5 Å². The Labute approximate surface area is 161 Å². The van der Waals surface area contributed by atoms with Crippen LogP contribution in [0.2, 0.25) is 0 Å². The standard InChI is InChI=1S/C21H30N3O3/c1-22-9-5-4-6-21(22)24(11-10-23-12-14-27-15-13-23)17-18-16-19(25-2)7-8-20(18)26-3/h4-9,16H,10-15,17H2,1-3H3/q+1. The molecule has 1 aromatic carbocycles. The van der Waals surface area contributed by atoms with Gasteiger partial charge in [-0.3, -0.25) is 9.80 Å². The number of ether oxygens (including phenoxy) is 3. The fraction of sp³-hybridized carbons (Fsp3) is 0.476. The number of pyridine rings is 1. The molecule has 1 aliphatic heterocycles. The zero-order valence-electron chi connectivity index (χ0n) is 16.6. The van der Waals surface area contributed by atoms with Crippen molar-refractivity contribution in [3.63, 3.8) is 0 Å². The van der Waals surface area contributed by atoms with Crippen LogP contribution in [0.4, 0.5) is 5.82 Å². The maximum absolute atomic E-state index is 5.59. The van der Waals surface area contributed by atoms with Crippen LogP contribution in [0.25, 0.3) is 0 Å². The first-order valence-corrected chi connectivity index (χ1v) is 9.42. The monoisotopic (exact) mass is 372 g/mol. The van der Waals surface area contributed by atoms with Crippen LogP contribution < -0.4 is 18.9 Å². The van der Waals surface area contributed by atoms with Crippen LogP contribution in [0.1, 0.15) is 5.56 Å². The largest absolute Gasteiger partial charge is 0.497 e. The van der Waals surface area contributed by atoms with E-state index in [1.54, 1.807) is 14.2 Å². The minimum atomic E-state index is 0.753. The van der Waals surface area contributed by atoms with Gasteiger partial charge in [0, 0.05) is 31.3 Å². The minimum absolute atomic E-state index is 0.753. The highest BCUT2D eigenvalue weighted by Gasteiger charge is 2.22. The molecule has 1 saturated heterocycles. The van der Waals surface area contributed by atoms with Gasteiger partial charge in [0.25, 0.3) is 5.82 Å². The number of morpholine rings is 1. The van der Waals surface area contributed by atoms with Gasteiger partial charge in [-0.15, -0.1) is 0 Å². The normalized spacial score (nSPS) is 14.8. The van der Waals surface area contributed by atoms with Crippen LogP contribution in [0.3, 0.4) is 0 Å². The molecular formula is C21H30N3O3+. The topological polar surface area (TPSA) is 38.1 Å². The minimum Gasteiger partial charge on any atom is -0.497 e. The predicted molar refractivity (Wildman–Crippen MR) is 105 cm³/mol. The highest BCUT2D eigenvalue weighted by molar-refractivity contribution is 5.44. The van der Waals surface area contributed by atoms with Crippen LogP contribution in [0.5, 0.6) is 11.5 Å². The first-order chi connectivity index (χ1) is 13.2. The third kappa shape index (κ3) is 5.11. The van der Waals surface area contributed by atoms with Crippen LogP contribution in [0.15, 0.2) is 42.6 Å². The second-order valence-corrected chi connectivity index (χ2v) is 6.72. The van der Waals surface area contributed by atoms with E-state index in [2.05, 4.69) is 51.9 Å². The molecule has 0 spiro atoms. The number of aromatic nitrogens is 1. The molecule has 27 heavy (non-hydrogen) atoms. The third-order valence-corrected chi connectivity index (χ3v) is 4.99. The Morgan fingerprint density at radius 1 is 1.11 bits per heavy atom. The van der Waals surface area contributed by atoms with E-state index in [9.17, 15) is 0 Å². The smallest absolute Gasteiger partial charge is 0.276 e. The quantitative estimate of drug-likeness (QED) is 0.662. The molecule has 0 amide bonds. The van der Waals surface area contributed by atoms with Crippen molar-refractivity contribution >= 4 is 5.82 Å². The number of aryl methyl sites for hydroxylation is 1. The van der Waals surface area contributed by atoms with E-state index in [0.29, 0.717) is 0 Å². The number of benzene rings is 1. The van der Waals surface area contributed by atoms with Crippen molar-refractivity contribution in [1.82, 2.24) is 4.90 Å². The Morgan fingerprint density at radius 2 is 1.93 bits per heavy atom. The van der Waals surface area contributed by atoms with Gasteiger partial charge in [-0.1, -0.05) is 6.07 Å². The Kier molecular flexibility index (Phi) is 6.90. The van der Waals surface area contributed by atoms with E-state index in [4.69, 9.17) is 14.2 Å². The molecule has 0 saturated carbocycles. The summed E-state index contributed by atoms with van der Waals surface area (Å²) in [6.45, 7) is 6.32. The molecular weight excluding hydrogens is 342 g/mol. The highest BCUT2D eigenvalue weighted by Crippen LogP contribution is 2.26. The number of anilines is 1. The summed E-state index contributed by atoms with van der Waals surface area (Å²) in [7, 11) is 5.49. The molecule has 0 aliphatic carbocycles. The Balaban J connectivity index is 1.82. The number of hydrogen-bond donors (Lipinski definition) is 0. The van der Waals surface area contributed by atoms with Crippen molar-refractivity contribution in [3.05, 3.63) is 48.2 Å². The van der Waals surface area contributed by atoms with E-state index in [1.165, 1.54) is 5.82 Å². The Bertz CT molecular complexity index is 732. The molecule has 0 N–H and O–H groups in total. The molecule has 0 radical (unpaired) electrons. The summed E-state index contributed by atoms with van der Waals surface area (Å²) in [5, 5.41) is 0. The molecule has 6 heteroatoms. The van der Waals surface area contributed by atoms with Crippen LogP contribution in [-0.2, 0) is 18.3 Å². The number of hydrogen-bond acceptors (Lipinski definition) is 5. The van der Waals surface area contributed by atoms with Gasteiger partial charge in [-0.2, -0.15) is 0 Å². The van der Waals surface area contributed by atoms with Crippen molar-refractivity contribution in [2.24, 2.45) is 7.05 Å². The molecule has 1 aliphatic rings. The van der Waals surface area contributed by atoms with E-state index >= 15 is 0 Å². The summed E-state index contributed by atoms with van der Waals surface area (Å²) < 4.78 is 18.6. The van der Waals surface area contributed by atoms with Crippen molar-refractivity contribution in [1.29, 1.82) is 0 Å². The van der Waals surface area contributed by atoms with Gasteiger partial charge in [0.15, 0.2) is 0 Å². The summed E-state index contributed by atoms with van der Waals surface area (Å²) in [5.41, 5.74) is 1.11. The van der Waals surface area contributed by atoms with Gasteiger partial charge in [0.1, 0.15) is 18.0 Å². The van der Waals surface area contributed by atoms with Crippen molar-refractivity contribution in [2.75, 3.05) is 58.5 Å². The van der Waals surface area contributed by atoms with E-state index in [-0.39, 0.29) is 0 Å². The van der Waals surface area contributed by atoms with Gasteiger partial charge >= 0.3 is 0 Å². The van der Waals surface area contributed by atoms with E-state index < -0.39 is 0 Å². The summed E-state index contributed by atoms with van der Waals surface area (Å²) in [4.78, 5) is 4.86. The van der Waals surface area contributed by atoms with Gasteiger partial charge < -0.3 is 14.2 Å². The van der Waals surface area contributed by atoms with Gasteiger partial charge in [0.2, 0.25) is 0 Å². The molecule has 0 unspecified atom stereocenters. The van der Waals surface area contributed by atoms with Crippen LogP contribution in [0, 0.1) is 0 Å². The molecule has 1 fully saturated rings. The fourth-order valence-electron chi connectivity index (χ4n) is 3.42. The lowest BCUT2D eigenvalue weighted by molar-refractivity contribution is -0.659. The maximum Gasteiger partial charge on any atom is 0.276 e. The maximum atomic E-state index is 5.59. The SMILES string of the molecule is COc1ccc(OC)c(CN(CCN2CCOCC2)c2cccc[n+]2C)c1. The molecule has 146 valence electrons. The Morgan fingerprint density at radius 3 is 2.63 bits per heavy atom. The molecule has 0 bridgehead atoms. The lowest BCUT2D eigenvalue weighted by Gasteiger charge is -2.28. The van der Waals surface area contributed by atoms with Gasteiger partial charge in [-0.25, -0.2) is 4.57 Å². The second kappa shape index (κ2) is 9.58. The number of nitrogens with zero attached hydrogens (tertiary/aromatic N) is 3. The van der Waals surface area contributed by atoms with Crippen molar-refractivity contribution < 1.29 is 18.8 Å². The number of rotatable bonds is 8. The van der Waals surface area contributed by atoms with Gasteiger partial charge in [0.05, 0.1) is 47.2 Å². The van der Waals surface area contributed by atoms with E-state index in [1.807, 2.05) is 12.1 Å². The lowest BCUT2D eigenvalue weighted by Crippen LogP contribution is -2.44. The fourth-order valence-corrected chi connectivity index (χ4v) is 3.42. The zero-order valence-corrected chi connectivity index (χ0v) is 16.6. The molecule has 2 heterocycles. The average molecular weight is 372 g/mol. The Hall–Kier alpha value is -2.31. The molecule has 3 rings (SSSR count). The highest BCUT2D eigenvalue weighted by atomic mass is 16.5. The van der Waals surface area contributed by atoms with Crippen LogP contribution >= 0.6 is 0 Å². The molecule has 0 atom stereocenters. The summed E-state index contributed by atoms with van der Waals surface area (Å²) in [6.07, 6.45) is 2.08. The van der Waals surface area contributed by atoms with Crippen LogP contribution in [-0.4, -0.2) is 58.5 Å². The first-order valence-electron chi connectivity index (χ1n) is 9.42. The zero-order chi connectivity index (χ0) is 19.1.